The van der Waals surface area contributed by atoms with E-state index in [1.165, 1.54) is 12.1 Å². The summed E-state index contributed by atoms with van der Waals surface area (Å²) in [6.45, 7) is 5.06. The van der Waals surface area contributed by atoms with Gasteiger partial charge in [0.2, 0.25) is 5.91 Å². The number of fused-ring (bicyclic) bond motifs is 1. The van der Waals surface area contributed by atoms with E-state index in [0.29, 0.717) is 31.9 Å². The fourth-order valence-corrected chi connectivity index (χ4v) is 3.41. The smallest absolute Gasteiger partial charge is 0.331 e. The quantitative estimate of drug-likeness (QED) is 0.381. The second-order valence-corrected chi connectivity index (χ2v) is 8.04. The molecule has 0 saturated carbocycles. The van der Waals surface area contributed by atoms with Crippen molar-refractivity contribution >= 4 is 27.4 Å². The normalized spacial score (nSPS) is 13.9. The number of nitrogens with zero attached hydrogens (tertiary/aromatic N) is 1. The standard InChI is InChI=1S/C17H24N2O6S/c1-3-24-9-5-8-18-16(20)11-19-12-17(21)25-15-10-13(6-7-14(15)19)26(22,23)4-2/h6-7,10H,3-5,8-9,11-12H2,1-2H3,(H,18,20). The average Bonchev–Trinajstić information content (AvgIpc) is 2.60. The monoisotopic (exact) mass is 384 g/mol. The number of carbonyl (C=O) groups excluding carboxylic acids is 2. The molecular formula is C17H24N2O6S. The van der Waals surface area contributed by atoms with Gasteiger partial charge in [-0.2, -0.15) is 0 Å². The van der Waals surface area contributed by atoms with E-state index in [9.17, 15) is 18.0 Å². The van der Waals surface area contributed by atoms with Gasteiger partial charge in [-0.05, 0) is 25.5 Å². The number of rotatable bonds is 9. The Morgan fingerprint density at radius 2 is 2.12 bits per heavy atom. The lowest BCUT2D eigenvalue weighted by Gasteiger charge is -2.29. The van der Waals surface area contributed by atoms with E-state index in [0.717, 1.165) is 0 Å². The molecule has 1 N–H and O–H groups in total. The van der Waals surface area contributed by atoms with Gasteiger partial charge in [0, 0.05) is 25.8 Å². The summed E-state index contributed by atoms with van der Waals surface area (Å²) in [5, 5.41) is 2.77. The van der Waals surface area contributed by atoms with Crippen LogP contribution in [-0.2, 0) is 24.2 Å². The number of ether oxygens (including phenoxy) is 2. The van der Waals surface area contributed by atoms with Crippen LogP contribution >= 0.6 is 0 Å². The van der Waals surface area contributed by atoms with Crippen LogP contribution in [0.3, 0.4) is 0 Å². The second kappa shape index (κ2) is 9.00. The highest BCUT2D eigenvalue weighted by molar-refractivity contribution is 7.91. The summed E-state index contributed by atoms with van der Waals surface area (Å²) in [6.07, 6.45) is 0.705. The molecule has 144 valence electrons. The van der Waals surface area contributed by atoms with Gasteiger partial charge in [-0.3, -0.25) is 4.79 Å². The molecule has 1 amide bonds. The molecule has 26 heavy (non-hydrogen) atoms. The molecule has 0 bridgehead atoms. The van der Waals surface area contributed by atoms with E-state index in [4.69, 9.17) is 9.47 Å². The molecule has 0 aliphatic carbocycles. The molecule has 1 heterocycles. The molecule has 0 fully saturated rings. The van der Waals surface area contributed by atoms with Crippen LogP contribution in [0, 0.1) is 0 Å². The molecule has 0 atom stereocenters. The van der Waals surface area contributed by atoms with Crippen LogP contribution in [0.25, 0.3) is 0 Å². The van der Waals surface area contributed by atoms with Crippen LogP contribution in [0.2, 0.25) is 0 Å². The third-order valence-corrected chi connectivity index (χ3v) is 5.61. The Morgan fingerprint density at radius 1 is 1.35 bits per heavy atom. The maximum absolute atomic E-state index is 12.1. The maximum Gasteiger partial charge on any atom is 0.331 e. The molecule has 1 aliphatic heterocycles. The van der Waals surface area contributed by atoms with Crippen molar-refractivity contribution in [1.82, 2.24) is 5.32 Å². The SMILES string of the molecule is CCOCCCNC(=O)CN1CC(=O)Oc2cc(S(=O)(=O)CC)ccc21. The van der Waals surface area contributed by atoms with Crippen LogP contribution < -0.4 is 15.0 Å². The lowest BCUT2D eigenvalue weighted by atomic mass is 10.2. The lowest BCUT2D eigenvalue weighted by Crippen LogP contribution is -2.43. The van der Waals surface area contributed by atoms with Gasteiger partial charge in [-0.25, -0.2) is 13.2 Å². The summed E-state index contributed by atoms with van der Waals surface area (Å²) in [6, 6.07) is 4.36. The highest BCUT2D eigenvalue weighted by atomic mass is 32.2. The summed E-state index contributed by atoms with van der Waals surface area (Å²) in [5.41, 5.74) is 0.518. The molecule has 0 spiro atoms. The highest BCUT2D eigenvalue weighted by Gasteiger charge is 2.27. The number of hydrogen-bond acceptors (Lipinski definition) is 7. The van der Waals surface area contributed by atoms with Gasteiger partial charge < -0.3 is 19.7 Å². The maximum atomic E-state index is 12.1. The van der Waals surface area contributed by atoms with Crippen molar-refractivity contribution in [2.75, 3.05) is 43.5 Å². The predicted octanol–water partition coefficient (Wildman–Crippen LogP) is 0.748. The van der Waals surface area contributed by atoms with Crippen molar-refractivity contribution < 1.29 is 27.5 Å². The van der Waals surface area contributed by atoms with Crippen molar-refractivity contribution in [1.29, 1.82) is 0 Å². The Bertz CT molecular complexity index is 763. The second-order valence-electron chi connectivity index (χ2n) is 5.76. The minimum atomic E-state index is -3.41. The molecule has 1 aromatic rings. The highest BCUT2D eigenvalue weighted by Crippen LogP contribution is 2.34. The van der Waals surface area contributed by atoms with Crippen LogP contribution in [0.5, 0.6) is 5.75 Å². The summed E-state index contributed by atoms with van der Waals surface area (Å²) in [7, 11) is -3.41. The summed E-state index contributed by atoms with van der Waals surface area (Å²) < 4.78 is 34.3. The Balaban J connectivity index is 2.06. The molecule has 8 nitrogen and oxygen atoms in total. The Hall–Kier alpha value is -2.13. The molecule has 1 aromatic carbocycles. The first-order valence-electron chi connectivity index (χ1n) is 8.54. The van der Waals surface area contributed by atoms with Crippen molar-refractivity contribution in [2.24, 2.45) is 0 Å². The fraction of sp³-hybridized carbons (Fsp3) is 0.529. The number of esters is 1. The Labute approximate surface area is 153 Å². The zero-order valence-corrected chi connectivity index (χ0v) is 15.8. The van der Waals surface area contributed by atoms with Crippen molar-refractivity contribution in [3.8, 4) is 5.75 Å². The largest absolute Gasteiger partial charge is 0.423 e. The molecule has 1 aliphatic rings. The number of nitrogens with one attached hydrogen (secondary N) is 1. The number of benzene rings is 1. The summed E-state index contributed by atoms with van der Waals surface area (Å²) >= 11 is 0. The zero-order chi connectivity index (χ0) is 19.2. The Kier molecular flexibility index (Phi) is 6.98. The molecule has 0 unspecified atom stereocenters. The van der Waals surface area contributed by atoms with E-state index in [2.05, 4.69) is 5.32 Å². The van der Waals surface area contributed by atoms with Gasteiger partial charge in [0.1, 0.15) is 6.54 Å². The number of carbonyl (C=O) groups is 2. The summed E-state index contributed by atoms with van der Waals surface area (Å²) in [5.74, 6) is -0.659. The fourth-order valence-electron chi connectivity index (χ4n) is 2.51. The Morgan fingerprint density at radius 3 is 2.81 bits per heavy atom. The predicted molar refractivity (Wildman–Crippen MR) is 96.1 cm³/mol. The molecule has 0 radical (unpaired) electrons. The molecule has 9 heteroatoms. The van der Waals surface area contributed by atoms with E-state index in [-0.39, 0.29) is 35.4 Å². The van der Waals surface area contributed by atoms with Gasteiger partial charge in [-0.1, -0.05) is 6.92 Å². The topological polar surface area (TPSA) is 102 Å². The van der Waals surface area contributed by atoms with E-state index in [1.807, 2.05) is 6.92 Å². The van der Waals surface area contributed by atoms with Crippen LogP contribution in [-0.4, -0.2) is 58.9 Å². The van der Waals surface area contributed by atoms with Gasteiger partial charge in [0.05, 0.1) is 22.9 Å². The summed E-state index contributed by atoms with van der Waals surface area (Å²) in [4.78, 5) is 25.6. The van der Waals surface area contributed by atoms with Crippen LogP contribution in [0.15, 0.2) is 23.1 Å². The minimum absolute atomic E-state index is 0.0173. The van der Waals surface area contributed by atoms with Gasteiger partial charge in [-0.15, -0.1) is 0 Å². The number of hydrogen-bond donors (Lipinski definition) is 1. The average molecular weight is 384 g/mol. The van der Waals surface area contributed by atoms with Crippen molar-refractivity contribution in [2.45, 2.75) is 25.2 Å². The molecular weight excluding hydrogens is 360 g/mol. The van der Waals surface area contributed by atoms with E-state index < -0.39 is 15.8 Å². The van der Waals surface area contributed by atoms with Crippen molar-refractivity contribution in [3.63, 3.8) is 0 Å². The van der Waals surface area contributed by atoms with Gasteiger partial charge in [0.15, 0.2) is 15.6 Å². The number of anilines is 1. The molecule has 0 saturated heterocycles. The van der Waals surface area contributed by atoms with E-state index in [1.54, 1.807) is 17.9 Å². The van der Waals surface area contributed by atoms with Gasteiger partial charge >= 0.3 is 5.97 Å². The first kappa shape index (κ1) is 20.2. The first-order valence-corrected chi connectivity index (χ1v) is 10.2. The third kappa shape index (κ3) is 5.18. The zero-order valence-electron chi connectivity index (χ0n) is 15.0. The molecule has 0 aromatic heterocycles. The van der Waals surface area contributed by atoms with Crippen LogP contribution in [0.4, 0.5) is 5.69 Å². The minimum Gasteiger partial charge on any atom is -0.423 e. The number of sulfone groups is 1. The van der Waals surface area contributed by atoms with Crippen LogP contribution in [0.1, 0.15) is 20.3 Å². The van der Waals surface area contributed by atoms with Crippen molar-refractivity contribution in [3.05, 3.63) is 18.2 Å². The first-order chi connectivity index (χ1) is 12.4. The van der Waals surface area contributed by atoms with E-state index >= 15 is 0 Å². The lowest BCUT2D eigenvalue weighted by molar-refractivity contribution is -0.133. The van der Waals surface area contributed by atoms with Gasteiger partial charge in [0.25, 0.3) is 0 Å². The third-order valence-electron chi connectivity index (χ3n) is 3.88. The number of amides is 1. The molecule has 2 rings (SSSR count).